The number of rotatable bonds is 5. The first-order chi connectivity index (χ1) is 9.99. The van der Waals surface area contributed by atoms with Crippen molar-refractivity contribution in [3.05, 3.63) is 29.6 Å². The van der Waals surface area contributed by atoms with Crippen LogP contribution >= 0.6 is 0 Å². The molecule has 1 aliphatic rings. The maximum Gasteiger partial charge on any atom is 0.241 e. The van der Waals surface area contributed by atoms with E-state index in [-0.39, 0.29) is 29.9 Å². The Labute approximate surface area is 125 Å². The second-order valence-electron chi connectivity index (χ2n) is 5.57. The number of ether oxygens (including phenoxy) is 1. The number of hydrogen-bond acceptors (Lipinski definition) is 3. The summed E-state index contributed by atoms with van der Waals surface area (Å²) in [6.45, 7) is 5.97. The molecule has 1 N–H and O–H groups in total. The highest BCUT2D eigenvalue weighted by Gasteiger charge is 2.39. The van der Waals surface area contributed by atoms with E-state index in [9.17, 15) is 9.18 Å². The Morgan fingerprint density at radius 1 is 1.48 bits per heavy atom. The highest BCUT2D eigenvalue weighted by Crippen LogP contribution is 2.31. The first-order valence-electron chi connectivity index (χ1n) is 7.41. The van der Waals surface area contributed by atoms with Gasteiger partial charge in [0.25, 0.3) is 0 Å². The average Bonchev–Trinajstić information content (AvgIpc) is 2.75. The Bertz CT molecular complexity index is 521. The molecule has 1 aliphatic heterocycles. The van der Waals surface area contributed by atoms with Crippen molar-refractivity contribution < 1.29 is 13.9 Å². The number of methoxy groups -OCH3 is 1. The molecule has 1 aromatic carbocycles. The predicted octanol–water partition coefficient (Wildman–Crippen LogP) is 2.84. The van der Waals surface area contributed by atoms with E-state index >= 15 is 0 Å². The molecule has 1 aromatic rings. The number of halogens is 1. The van der Waals surface area contributed by atoms with E-state index in [1.165, 1.54) is 13.2 Å². The van der Waals surface area contributed by atoms with E-state index < -0.39 is 5.82 Å². The number of carbonyl (C=O) groups is 1. The van der Waals surface area contributed by atoms with Gasteiger partial charge in [-0.2, -0.15) is 0 Å². The summed E-state index contributed by atoms with van der Waals surface area (Å²) < 4.78 is 18.9. The van der Waals surface area contributed by atoms with Crippen molar-refractivity contribution in [2.24, 2.45) is 0 Å². The molecule has 3 unspecified atom stereocenters. The number of amides is 1. The summed E-state index contributed by atoms with van der Waals surface area (Å²) in [5, 5.41) is 3.24. The van der Waals surface area contributed by atoms with Crippen molar-refractivity contribution >= 4 is 5.91 Å². The quantitative estimate of drug-likeness (QED) is 0.908. The summed E-state index contributed by atoms with van der Waals surface area (Å²) in [6.07, 6.45) is 1.65. The summed E-state index contributed by atoms with van der Waals surface area (Å²) in [4.78, 5) is 14.2. The Kier molecular flexibility index (Phi) is 4.83. The summed E-state index contributed by atoms with van der Waals surface area (Å²) >= 11 is 0. The van der Waals surface area contributed by atoms with Crippen molar-refractivity contribution in [2.75, 3.05) is 7.11 Å². The van der Waals surface area contributed by atoms with Gasteiger partial charge >= 0.3 is 0 Å². The first-order valence-corrected chi connectivity index (χ1v) is 7.41. The van der Waals surface area contributed by atoms with Crippen LogP contribution in [0.1, 0.15) is 45.3 Å². The molecule has 116 valence electrons. The highest BCUT2D eigenvalue weighted by molar-refractivity contribution is 5.84. The first kappa shape index (κ1) is 15.8. The van der Waals surface area contributed by atoms with Gasteiger partial charge in [-0.25, -0.2) is 4.39 Å². The van der Waals surface area contributed by atoms with E-state index in [0.29, 0.717) is 0 Å². The Balaban J connectivity index is 2.31. The minimum atomic E-state index is -0.410. The average molecular weight is 294 g/mol. The third kappa shape index (κ3) is 3.02. The van der Waals surface area contributed by atoms with Crippen molar-refractivity contribution in [3.63, 3.8) is 0 Å². The Hall–Kier alpha value is -1.62. The topological polar surface area (TPSA) is 41.6 Å². The van der Waals surface area contributed by atoms with Crippen LogP contribution in [0.5, 0.6) is 5.75 Å². The minimum absolute atomic E-state index is 0.0668. The molecule has 0 aliphatic carbocycles. The van der Waals surface area contributed by atoms with Gasteiger partial charge < -0.3 is 9.64 Å². The molecule has 5 heteroatoms. The van der Waals surface area contributed by atoms with E-state index in [4.69, 9.17) is 4.74 Å². The van der Waals surface area contributed by atoms with Crippen LogP contribution in [0.15, 0.2) is 18.2 Å². The number of nitrogens with one attached hydrogen (secondary N) is 1. The lowest BCUT2D eigenvalue weighted by atomic mass is 10.1. The van der Waals surface area contributed by atoms with Crippen LogP contribution < -0.4 is 10.1 Å². The van der Waals surface area contributed by atoms with E-state index in [1.54, 1.807) is 12.1 Å². The third-order valence-electron chi connectivity index (χ3n) is 3.98. The largest absolute Gasteiger partial charge is 0.494 e. The van der Waals surface area contributed by atoms with Gasteiger partial charge in [0.05, 0.1) is 13.2 Å². The maximum absolute atomic E-state index is 13.9. The van der Waals surface area contributed by atoms with Crippen molar-refractivity contribution in [1.82, 2.24) is 10.2 Å². The molecule has 1 fully saturated rings. The molecule has 0 aromatic heterocycles. The van der Waals surface area contributed by atoms with Crippen LogP contribution in [0.25, 0.3) is 0 Å². The highest BCUT2D eigenvalue weighted by atomic mass is 19.1. The molecule has 2 rings (SSSR count). The number of benzene rings is 1. The zero-order valence-corrected chi connectivity index (χ0v) is 13.0. The molecule has 1 saturated heterocycles. The number of hydrogen-bond donors (Lipinski definition) is 1. The smallest absolute Gasteiger partial charge is 0.241 e. The lowest BCUT2D eigenvalue weighted by Crippen LogP contribution is -2.38. The molecule has 1 amide bonds. The fourth-order valence-corrected chi connectivity index (χ4v) is 2.88. The van der Waals surface area contributed by atoms with Gasteiger partial charge in [-0.15, -0.1) is 0 Å². The molecule has 4 nitrogen and oxygen atoms in total. The molecule has 0 radical (unpaired) electrons. The molecular weight excluding hydrogens is 271 g/mol. The third-order valence-corrected chi connectivity index (χ3v) is 3.98. The van der Waals surface area contributed by atoms with Gasteiger partial charge in [0.15, 0.2) is 11.6 Å². The second-order valence-corrected chi connectivity index (χ2v) is 5.57. The fourth-order valence-electron chi connectivity index (χ4n) is 2.88. The minimum Gasteiger partial charge on any atom is -0.494 e. The van der Waals surface area contributed by atoms with E-state index in [0.717, 1.165) is 18.4 Å². The molecule has 0 bridgehead atoms. The van der Waals surface area contributed by atoms with Gasteiger partial charge in [0, 0.05) is 6.04 Å². The van der Waals surface area contributed by atoms with Crippen LogP contribution in [0.4, 0.5) is 4.39 Å². The van der Waals surface area contributed by atoms with Crippen LogP contribution in [0.3, 0.4) is 0 Å². The zero-order valence-electron chi connectivity index (χ0n) is 13.0. The molecule has 1 heterocycles. The lowest BCUT2D eigenvalue weighted by Gasteiger charge is -2.30. The van der Waals surface area contributed by atoms with Crippen LogP contribution in [-0.4, -0.2) is 30.0 Å². The van der Waals surface area contributed by atoms with E-state index in [1.807, 2.05) is 18.7 Å². The normalized spacial score (nSPS) is 23.5. The van der Waals surface area contributed by atoms with Crippen LogP contribution in [0, 0.1) is 5.82 Å². The summed E-state index contributed by atoms with van der Waals surface area (Å²) in [7, 11) is 1.44. The van der Waals surface area contributed by atoms with Gasteiger partial charge in [-0.3, -0.25) is 10.1 Å². The molecule has 21 heavy (non-hydrogen) atoms. The number of carbonyl (C=O) groups excluding carboxylic acids is 1. The summed E-state index contributed by atoms with van der Waals surface area (Å²) in [6, 6.07) is 4.71. The zero-order chi connectivity index (χ0) is 15.6. The lowest BCUT2D eigenvalue weighted by molar-refractivity contribution is -0.131. The summed E-state index contributed by atoms with van der Waals surface area (Å²) in [5.41, 5.74) is 0.744. The standard InChI is InChI=1S/C16H23FN2O2/c1-5-6-10(2)19-15(18-11(3)16(19)20)12-7-8-14(21-4)13(17)9-12/h7-11,15,18H,5-6H2,1-4H3. The SMILES string of the molecule is CCCC(C)N1C(=O)C(C)NC1c1ccc(OC)c(F)c1. The predicted molar refractivity (Wildman–Crippen MR) is 79.5 cm³/mol. The van der Waals surface area contributed by atoms with Crippen molar-refractivity contribution in [1.29, 1.82) is 0 Å². The van der Waals surface area contributed by atoms with Gasteiger partial charge in [0.2, 0.25) is 5.91 Å². The van der Waals surface area contributed by atoms with Gasteiger partial charge in [0.1, 0.15) is 6.17 Å². The second kappa shape index (κ2) is 6.43. The van der Waals surface area contributed by atoms with Crippen LogP contribution in [0.2, 0.25) is 0 Å². The molecule has 0 saturated carbocycles. The Morgan fingerprint density at radius 2 is 2.19 bits per heavy atom. The Morgan fingerprint density at radius 3 is 2.76 bits per heavy atom. The van der Waals surface area contributed by atoms with E-state index in [2.05, 4.69) is 12.2 Å². The van der Waals surface area contributed by atoms with Crippen LogP contribution in [-0.2, 0) is 4.79 Å². The monoisotopic (exact) mass is 294 g/mol. The van der Waals surface area contributed by atoms with Crippen molar-refractivity contribution in [2.45, 2.75) is 51.9 Å². The van der Waals surface area contributed by atoms with Gasteiger partial charge in [-0.05, 0) is 38.0 Å². The fraction of sp³-hybridized carbons (Fsp3) is 0.562. The summed E-state index contributed by atoms with van der Waals surface area (Å²) in [5.74, 6) is -0.131. The maximum atomic E-state index is 13.9. The molecule has 3 atom stereocenters. The molecular formula is C16H23FN2O2. The number of nitrogens with zero attached hydrogens (tertiary/aromatic N) is 1. The molecule has 0 spiro atoms. The van der Waals surface area contributed by atoms with Crippen molar-refractivity contribution in [3.8, 4) is 5.75 Å². The van der Waals surface area contributed by atoms with Gasteiger partial charge in [-0.1, -0.05) is 19.4 Å².